The van der Waals surface area contributed by atoms with Crippen LogP contribution in [0, 0.1) is 11.8 Å². The minimum Gasteiger partial charge on any atom is -0.493 e. The fourth-order valence-electron chi connectivity index (χ4n) is 6.36. The number of primary amides is 1. The van der Waals surface area contributed by atoms with Crippen molar-refractivity contribution in [2.24, 2.45) is 17.6 Å². The standard InChI is InChI=1S/C24H32BrNO4.C24H31BrO5/c2*1-15(2)29-20-10-7-17(8-11-20)6-9-18(24(26)27)12-19-13-23(30-16(3)4)22(28-5)14-21(19)25/h7-8,10-11,13-16,18H,6,9,12H2,1-5H3,(H2,26,27);7-8,10-11,13-16,18H,6,9,12H2,1-5H3,(H,26,27). The molecular weight excluding hydrogens is 894 g/mol. The third kappa shape index (κ3) is 16.9. The van der Waals surface area contributed by atoms with E-state index in [4.69, 9.17) is 34.2 Å². The number of carbonyl (C=O) groups is 2. The number of carbonyl (C=O) groups excluding carboxylic acids is 1. The van der Waals surface area contributed by atoms with E-state index in [2.05, 4.69) is 31.9 Å². The fraction of sp³-hybridized carbons (Fsp3) is 0.458. The van der Waals surface area contributed by atoms with Crippen molar-refractivity contribution in [2.45, 2.75) is 118 Å². The van der Waals surface area contributed by atoms with Gasteiger partial charge in [0.15, 0.2) is 23.0 Å². The number of hydrogen-bond acceptors (Lipinski definition) is 8. The number of aryl methyl sites for hydroxylation is 2. The normalized spacial score (nSPS) is 12.1. The highest BCUT2D eigenvalue weighted by Crippen LogP contribution is 2.37. The fourth-order valence-corrected chi connectivity index (χ4v) is 7.33. The van der Waals surface area contributed by atoms with Gasteiger partial charge in [-0.1, -0.05) is 56.1 Å². The van der Waals surface area contributed by atoms with Gasteiger partial charge in [0.2, 0.25) is 5.91 Å². The Morgan fingerprint density at radius 2 is 0.900 bits per heavy atom. The maximum atomic E-state index is 12.1. The monoisotopic (exact) mass is 955 g/mol. The lowest BCUT2D eigenvalue weighted by atomic mass is 9.92. The topological polar surface area (TPSA) is 136 Å². The molecule has 0 saturated heterocycles. The van der Waals surface area contributed by atoms with Gasteiger partial charge in [0.05, 0.1) is 44.6 Å². The van der Waals surface area contributed by atoms with Crippen molar-refractivity contribution in [3.63, 3.8) is 0 Å². The van der Waals surface area contributed by atoms with E-state index < -0.39 is 11.9 Å². The molecule has 0 fully saturated rings. The van der Waals surface area contributed by atoms with Crippen LogP contribution in [0.15, 0.2) is 81.7 Å². The van der Waals surface area contributed by atoms with Crippen LogP contribution in [-0.4, -0.2) is 55.6 Å². The summed E-state index contributed by atoms with van der Waals surface area (Å²) < 4.78 is 35.5. The lowest BCUT2D eigenvalue weighted by Crippen LogP contribution is -2.26. The van der Waals surface area contributed by atoms with Crippen LogP contribution in [0.4, 0.5) is 0 Å². The van der Waals surface area contributed by atoms with Gasteiger partial charge in [-0.05, 0) is 165 Å². The highest BCUT2D eigenvalue weighted by atomic mass is 79.9. The molecule has 12 heteroatoms. The van der Waals surface area contributed by atoms with Crippen LogP contribution < -0.4 is 34.2 Å². The van der Waals surface area contributed by atoms with Crippen molar-refractivity contribution in [1.29, 1.82) is 0 Å². The molecule has 2 atom stereocenters. The van der Waals surface area contributed by atoms with E-state index >= 15 is 0 Å². The minimum atomic E-state index is -0.802. The summed E-state index contributed by atoms with van der Waals surface area (Å²) >= 11 is 7.13. The van der Waals surface area contributed by atoms with Crippen molar-refractivity contribution in [3.8, 4) is 34.5 Å². The van der Waals surface area contributed by atoms with Crippen molar-refractivity contribution in [2.75, 3.05) is 14.2 Å². The Kier molecular flexibility index (Phi) is 20.6. The third-order valence-corrected chi connectivity index (χ3v) is 10.7. The molecule has 0 aliphatic heterocycles. The molecule has 10 nitrogen and oxygen atoms in total. The van der Waals surface area contributed by atoms with E-state index in [0.717, 1.165) is 49.1 Å². The van der Waals surface area contributed by atoms with Crippen molar-refractivity contribution in [1.82, 2.24) is 0 Å². The summed E-state index contributed by atoms with van der Waals surface area (Å²) in [6, 6.07) is 23.4. The number of amides is 1. The maximum absolute atomic E-state index is 12.1. The number of carboxylic acids is 1. The molecule has 328 valence electrons. The molecule has 4 rings (SSSR count). The van der Waals surface area contributed by atoms with Crippen molar-refractivity contribution < 1.29 is 43.1 Å². The highest BCUT2D eigenvalue weighted by Gasteiger charge is 2.22. The average molecular weight is 958 g/mol. The SMILES string of the molecule is COc1cc(Br)c(CC(CCc2ccc(OC(C)C)cc2)C(=O)O)cc1OC(C)C.COc1cc(Br)c(CC(CCc2ccc(OC(C)C)cc2)C(N)=O)cc1OC(C)C. The molecule has 0 aliphatic carbocycles. The Morgan fingerprint density at radius 3 is 1.22 bits per heavy atom. The van der Waals surface area contributed by atoms with E-state index in [1.807, 2.05) is 128 Å². The van der Waals surface area contributed by atoms with Crippen LogP contribution in [0.3, 0.4) is 0 Å². The number of benzene rings is 4. The van der Waals surface area contributed by atoms with Crippen LogP contribution in [0.1, 0.15) is 90.5 Å². The lowest BCUT2D eigenvalue weighted by Gasteiger charge is -2.19. The molecule has 4 aromatic carbocycles. The molecule has 0 saturated carbocycles. The molecule has 0 aliphatic rings. The van der Waals surface area contributed by atoms with Gasteiger partial charge in [-0.3, -0.25) is 9.59 Å². The van der Waals surface area contributed by atoms with Gasteiger partial charge in [-0.2, -0.15) is 0 Å². The molecule has 0 heterocycles. The smallest absolute Gasteiger partial charge is 0.306 e. The highest BCUT2D eigenvalue weighted by molar-refractivity contribution is 9.10. The number of rotatable bonds is 22. The first-order valence-corrected chi connectivity index (χ1v) is 22.1. The number of methoxy groups -OCH3 is 2. The number of carboxylic acid groups (broad SMARTS) is 1. The van der Waals surface area contributed by atoms with Gasteiger partial charge in [0, 0.05) is 14.9 Å². The molecular formula is C48H63Br2NO9. The van der Waals surface area contributed by atoms with Gasteiger partial charge in [-0.15, -0.1) is 0 Å². The van der Waals surface area contributed by atoms with Gasteiger partial charge < -0.3 is 39.3 Å². The van der Waals surface area contributed by atoms with Crippen LogP contribution in [0.5, 0.6) is 34.5 Å². The van der Waals surface area contributed by atoms with E-state index in [-0.39, 0.29) is 36.2 Å². The van der Waals surface area contributed by atoms with Crippen LogP contribution in [0.2, 0.25) is 0 Å². The number of halogens is 2. The van der Waals surface area contributed by atoms with Crippen LogP contribution in [-0.2, 0) is 35.3 Å². The summed E-state index contributed by atoms with van der Waals surface area (Å²) in [6.07, 6.45) is 3.86. The summed E-state index contributed by atoms with van der Waals surface area (Å²) in [5.41, 5.74) is 9.82. The van der Waals surface area contributed by atoms with Gasteiger partial charge in [-0.25, -0.2) is 0 Å². The molecule has 3 N–H and O–H groups in total. The molecule has 0 spiro atoms. The second kappa shape index (κ2) is 24.7. The Morgan fingerprint density at radius 1 is 0.550 bits per heavy atom. The Labute approximate surface area is 373 Å². The molecule has 4 aromatic rings. The second-order valence-corrected chi connectivity index (χ2v) is 17.5. The van der Waals surface area contributed by atoms with E-state index in [1.165, 1.54) is 0 Å². The Bertz CT molecular complexity index is 1810. The number of aliphatic carboxylic acids is 1. The second-order valence-electron chi connectivity index (χ2n) is 15.8. The molecule has 60 heavy (non-hydrogen) atoms. The first kappa shape index (κ1) is 49.9. The summed E-state index contributed by atoms with van der Waals surface area (Å²) in [7, 11) is 3.20. The molecule has 2 unspecified atom stereocenters. The zero-order chi connectivity index (χ0) is 44.5. The van der Waals surface area contributed by atoms with Crippen molar-refractivity contribution in [3.05, 3.63) is 104 Å². The average Bonchev–Trinajstić information content (AvgIpc) is 3.17. The zero-order valence-electron chi connectivity index (χ0n) is 36.7. The number of ether oxygens (including phenoxy) is 6. The van der Waals surface area contributed by atoms with Gasteiger partial charge in [0.25, 0.3) is 0 Å². The Hall–Kier alpha value is -4.42. The van der Waals surface area contributed by atoms with Gasteiger partial charge >= 0.3 is 5.97 Å². The largest absolute Gasteiger partial charge is 0.493 e. The first-order chi connectivity index (χ1) is 28.4. The molecule has 0 radical (unpaired) electrons. The molecule has 0 bridgehead atoms. The molecule has 0 aromatic heterocycles. The number of nitrogens with two attached hydrogens (primary N) is 1. The lowest BCUT2D eigenvalue weighted by molar-refractivity contribution is -0.141. The third-order valence-electron chi connectivity index (χ3n) is 9.23. The van der Waals surface area contributed by atoms with Crippen LogP contribution in [0.25, 0.3) is 0 Å². The summed E-state index contributed by atoms with van der Waals surface area (Å²) in [5, 5.41) is 9.77. The van der Waals surface area contributed by atoms with Crippen LogP contribution >= 0.6 is 31.9 Å². The summed E-state index contributed by atoms with van der Waals surface area (Å²) in [4.78, 5) is 24.0. The van der Waals surface area contributed by atoms with Gasteiger partial charge in [0.1, 0.15) is 11.5 Å². The predicted octanol–water partition coefficient (Wildman–Crippen LogP) is 11.2. The number of hydrogen-bond donors (Lipinski definition) is 2. The quantitative estimate of drug-likeness (QED) is 0.0789. The predicted molar refractivity (Wildman–Crippen MR) is 245 cm³/mol. The minimum absolute atomic E-state index is 0.00848. The molecule has 1 amide bonds. The zero-order valence-corrected chi connectivity index (χ0v) is 39.9. The first-order valence-electron chi connectivity index (χ1n) is 20.5. The van der Waals surface area contributed by atoms with E-state index in [0.29, 0.717) is 55.1 Å². The van der Waals surface area contributed by atoms with E-state index in [1.54, 1.807) is 14.2 Å². The van der Waals surface area contributed by atoms with Crippen molar-refractivity contribution >= 4 is 43.7 Å². The van der Waals surface area contributed by atoms with E-state index in [9.17, 15) is 14.7 Å². The Balaban J connectivity index is 0.000000320. The summed E-state index contributed by atoms with van der Waals surface area (Å²) in [6.45, 7) is 15.8. The maximum Gasteiger partial charge on any atom is 0.306 e. The summed E-state index contributed by atoms with van der Waals surface area (Å²) in [5.74, 6) is 2.33.